The predicted molar refractivity (Wildman–Crippen MR) is 38.0 cm³/mol. The molecule has 60 valence electrons. The summed E-state index contributed by atoms with van der Waals surface area (Å²) in [5.41, 5.74) is 0. The van der Waals surface area contributed by atoms with Crippen LogP contribution < -0.4 is 4.57 Å². The fourth-order valence-electron chi connectivity index (χ4n) is 0.901. The topological polar surface area (TPSA) is 57.0 Å². The molecule has 1 rings (SSSR count). The zero-order chi connectivity index (χ0) is 8.27. The Bertz CT molecular complexity index is 255. The van der Waals surface area contributed by atoms with Crippen molar-refractivity contribution < 1.29 is 14.5 Å². The van der Waals surface area contributed by atoms with Gasteiger partial charge in [0.25, 0.3) is 5.82 Å². The van der Waals surface area contributed by atoms with Crippen LogP contribution in [0.25, 0.3) is 0 Å². The number of aryl methyl sites for hydroxylation is 2. The fourth-order valence-corrected chi connectivity index (χ4v) is 0.901. The van der Waals surface area contributed by atoms with Crippen LogP contribution in [0.3, 0.4) is 0 Å². The molecular formula is C7H11N2O2+. The standard InChI is InChI=1S/C7H10N2O2/c1-6-8-3-5-9(6)4-2-7(10)11/h3,5H,2,4H2,1H3,(H,10,11)/p+1. The van der Waals surface area contributed by atoms with E-state index in [1.807, 2.05) is 17.7 Å². The average Bonchev–Trinajstić information content (AvgIpc) is 2.31. The van der Waals surface area contributed by atoms with Crippen molar-refractivity contribution in [2.75, 3.05) is 0 Å². The van der Waals surface area contributed by atoms with Crippen LogP contribution in [0.1, 0.15) is 12.2 Å². The van der Waals surface area contributed by atoms with Crippen molar-refractivity contribution in [1.82, 2.24) is 4.98 Å². The van der Waals surface area contributed by atoms with E-state index in [1.54, 1.807) is 6.20 Å². The molecule has 1 aromatic heterocycles. The van der Waals surface area contributed by atoms with E-state index in [1.165, 1.54) is 0 Å². The first-order valence-electron chi connectivity index (χ1n) is 3.45. The third kappa shape index (κ3) is 2.07. The maximum absolute atomic E-state index is 10.2. The molecule has 0 unspecified atom stereocenters. The van der Waals surface area contributed by atoms with E-state index in [9.17, 15) is 4.79 Å². The monoisotopic (exact) mass is 155 g/mol. The van der Waals surface area contributed by atoms with Gasteiger partial charge in [-0.1, -0.05) is 0 Å². The summed E-state index contributed by atoms with van der Waals surface area (Å²) in [6, 6.07) is 0. The summed E-state index contributed by atoms with van der Waals surface area (Å²) in [7, 11) is 0. The van der Waals surface area contributed by atoms with Gasteiger partial charge in [-0.25, -0.2) is 9.55 Å². The average molecular weight is 155 g/mol. The number of hydrogen-bond acceptors (Lipinski definition) is 1. The molecule has 0 spiro atoms. The summed E-state index contributed by atoms with van der Waals surface area (Å²) in [6.45, 7) is 2.44. The van der Waals surface area contributed by atoms with Crippen LogP contribution in [0.2, 0.25) is 0 Å². The van der Waals surface area contributed by atoms with Crippen molar-refractivity contribution in [1.29, 1.82) is 0 Å². The van der Waals surface area contributed by atoms with Crippen molar-refractivity contribution in [2.45, 2.75) is 19.9 Å². The van der Waals surface area contributed by atoms with Gasteiger partial charge in [-0.05, 0) is 0 Å². The lowest BCUT2D eigenvalue weighted by Gasteiger charge is -1.92. The van der Waals surface area contributed by atoms with E-state index in [-0.39, 0.29) is 6.42 Å². The lowest BCUT2D eigenvalue weighted by Crippen LogP contribution is -2.35. The number of nitrogens with zero attached hydrogens (tertiary/aromatic N) is 1. The third-order valence-electron chi connectivity index (χ3n) is 1.54. The number of aliphatic carboxylic acids is 1. The molecule has 0 atom stereocenters. The number of rotatable bonds is 3. The van der Waals surface area contributed by atoms with Gasteiger partial charge in [0.05, 0.1) is 6.42 Å². The molecular weight excluding hydrogens is 144 g/mol. The van der Waals surface area contributed by atoms with Gasteiger partial charge in [0.1, 0.15) is 18.9 Å². The Balaban J connectivity index is 2.51. The zero-order valence-corrected chi connectivity index (χ0v) is 6.37. The first kappa shape index (κ1) is 7.78. The summed E-state index contributed by atoms with van der Waals surface area (Å²) in [4.78, 5) is 13.1. The van der Waals surface area contributed by atoms with Gasteiger partial charge in [-0.3, -0.25) is 4.79 Å². The quantitative estimate of drug-likeness (QED) is 0.607. The summed E-state index contributed by atoms with van der Waals surface area (Å²) >= 11 is 0. The minimum absolute atomic E-state index is 0.170. The fraction of sp³-hybridized carbons (Fsp3) is 0.429. The molecule has 0 saturated carbocycles. The number of carbonyl (C=O) groups is 1. The highest BCUT2D eigenvalue weighted by Crippen LogP contribution is 1.84. The Kier molecular flexibility index (Phi) is 2.25. The van der Waals surface area contributed by atoms with Gasteiger partial charge in [-0.2, -0.15) is 0 Å². The van der Waals surface area contributed by atoms with Crippen LogP contribution in [0.4, 0.5) is 0 Å². The second kappa shape index (κ2) is 3.18. The van der Waals surface area contributed by atoms with Crippen LogP contribution in [0.5, 0.6) is 0 Å². The molecule has 0 aromatic carbocycles. The number of nitrogens with one attached hydrogen (secondary N) is 1. The van der Waals surface area contributed by atoms with Crippen molar-refractivity contribution in [2.24, 2.45) is 0 Å². The van der Waals surface area contributed by atoms with Crippen LogP contribution in [0, 0.1) is 6.92 Å². The maximum Gasteiger partial charge on any atom is 0.307 e. The lowest BCUT2D eigenvalue weighted by molar-refractivity contribution is -0.700. The highest BCUT2D eigenvalue weighted by atomic mass is 16.4. The van der Waals surface area contributed by atoms with E-state index in [0.717, 1.165) is 5.82 Å². The Morgan fingerprint density at radius 1 is 1.82 bits per heavy atom. The molecule has 0 fully saturated rings. The molecule has 0 amide bonds. The van der Waals surface area contributed by atoms with Crippen LogP contribution in [-0.2, 0) is 11.3 Å². The van der Waals surface area contributed by atoms with Gasteiger partial charge in [0.2, 0.25) is 0 Å². The minimum Gasteiger partial charge on any atom is -0.481 e. The SMILES string of the molecule is Cc1[nH]cc[n+]1CCC(=O)O. The molecule has 0 aliphatic rings. The van der Waals surface area contributed by atoms with Gasteiger partial charge in [0, 0.05) is 6.92 Å². The number of imidazole rings is 1. The van der Waals surface area contributed by atoms with Gasteiger partial charge < -0.3 is 5.11 Å². The zero-order valence-electron chi connectivity index (χ0n) is 6.37. The predicted octanol–water partition coefficient (Wildman–Crippen LogP) is 0.0853. The van der Waals surface area contributed by atoms with E-state index in [0.29, 0.717) is 6.54 Å². The van der Waals surface area contributed by atoms with Gasteiger partial charge >= 0.3 is 5.97 Å². The van der Waals surface area contributed by atoms with Crippen LogP contribution >= 0.6 is 0 Å². The smallest absolute Gasteiger partial charge is 0.307 e. The first-order valence-corrected chi connectivity index (χ1v) is 3.45. The van der Waals surface area contributed by atoms with E-state index >= 15 is 0 Å². The minimum atomic E-state index is -0.766. The summed E-state index contributed by atoms with van der Waals surface area (Å²) in [5.74, 6) is 0.212. The first-order chi connectivity index (χ1) is 5.20. The second-order valence-electron chi connectivity index (χ2n) is 2.38. The second-order valence-corrected chi connectivity index (χ2v) is 2.38. The number of H-pyrrole nitrogens is 1. The molecule has 2 N–H and O–H groups in total. The molecule has 4 nitrogen and oxygen atoms in total. The van der Waals surface area contributed by atoms with Crippen molar-refractivity contribution in [3.05, 3.63) is 18.2 Å². The number of aromatic nitrogens is 2. The number of hydrogen-bond donors (Lipinski definition) is 2. The molecule has 0 bridgehead atoms. The van der Waals surface area contributed by atoms with E-state index < -0.39 is 5.97 Å². The lowest BCUT2D eigenvalue weighted by atomic mass is 10.4. The maximum atomic E-state index is 10.2. The number of carboxylic acids is 1. The molecule has 0 radical (unpaired) electrons. The number of aromatic amines is 1. The Labute approximate surface area is 64.5 Å². The Morgan fingerprint density at radius 2 is 2.55 bits per heavy atom. The normalized spacial score (nSPS) is 9.91. The molecule has 0 aliphatic heterocycles. The Morgan fingerprint density at radius 3 is 3.00 bits per heavy atom. The van der Waals surface area contributed by atoms with Gasteiger partial charge in [0.15, 0.2) is 0 Å². The molecule has 0 saturated heterocycles. The summed E-state index contributed by atoms with van der Waals surface area (Å²) < 4.78 is 1.87. The number of carboxylic acid groups (broad SMARTS) is 1. The highest BCUT2D eigenvalue weighted by Gasteiger charge is 2.05. The molecule has 1 aromatic rings. The van der Waals surface area contributed by atoms with E-state index in [2.05, 4.69) is 4.98 Å². The van der Waals surface area contributed by atoms with Gasteiger partial charge in [-0.15, -0.1) is 0 Å². The van der Waals surface area contributed by atoms with Crippen molar-refractivity contribution in [3.63, 3.8) is 0 Å². The molecule has 11 heavy (non-hydrogen) atoms. The summed E-state index contributed by atoms with van der Waals surface area (Å²) in [5, 5.41) is 8.38. The molecule has 1 heterocycles. The molecule has 0 aliphatic carbocycles. The Hall–Kier alpha value is -1.32. The van der Waals surface area contributed by atoms with Crippen LogP contribution in [0.15, 0.2) is 12.4 Å². The third-order valence-corrected chi connectivity index (χ3v) is 1.54. The molecule has 4 heteroatoms. The van der Waals surface area contributed by atoms with Crippen LogP contribution in [-0.4, -0.2) is 16.1 Å². The van der Waals surface area contributed by atoms with Crippen molar-refractivity contribution in [3.8, 4) is 0 Å². The van der Waals surface area contributed by atoms with E-state index in [4.69, 9.17) is 5.11 Å². The van der Waals surface area contributed by atoms with Crippen molar-refractivity contribution >= 4 is 5.97 Å². The summed E-state index contributed by atoms with van der Waals surface area (Å²) in [6.07, 6.45) is 3.79. The highest BCUT2D eigenvalue weighted by molar-refractivity contribution is 5.66. The largest absolute Gasteiger partial charge is 0.481 e.